The van der Waals surface area contributed by atoms with Crippen molar-refractivity contribution in [2.75, 3.05) is 12.0 Å². The van der Waals surface area contributed by atoms with E-state index in [1.54, 1.807) is 24.5 Å². The van der Waals surface area contributed by atoms with E-state index in [0.29, 0.717) is 12.6 Å². The van der Waals surface area contributed by atoms with Crippen LogP contribution in [-0.4, -0.2) is 31.3 Å². The van der Waals surface area contributed by atoms with Crippen molar-refractivity contribution >= 4 is 5.95 Å². The summed E-state index contributed by atoms with van der Waals surface area (Å²) in [5.41, 5.74) is 2.34. The molecule has 88 valence electrons. The third-order valence-electron chi connectivity index (χ3n) is 1.77. The molecule has 0 spiro atoms. The van der Waals surface area contributed by atoms with Crippen LogP contribution in [-0.2, 0) is 0 Å². The molecule has 0 unspecified atom stereocenters. The summed E-state index contributed by atoms with van der Waals surface area (Å²) >= 11 is 0. The summed E-state index contributed by atoms with van der Waals surface area (Å²) in [6, 6.07) is 1.90. The van der Waals surface area contributed by atoms with Gasteiger partial charge in [-0.3, -0.25) is 5.43 Å². The number of ether oxygens (including phenoxy) is 1. The predicted molar refractivity (Wildman–Crippen MR) is 60.5 cm³/mol. The maximum Gasteiger partial charge on any atom is 0.323 e. The second kappa shape index (κ2) is 5.03. The number of rotatable bonds is 5. The minimum Gasteiger partial charge on any atom is -0.459 e. The highest BCUT2D eigenvalue weighted by atomic mass is 16.5. The molecule has 0 fully saturated rings. The minimum absolute atomic E-state index is 0.151. The Morgan fingerprint density at radius 2 is 2.35 bits per heavy atom. The maximum atomic E-state index is 5.26. The second-order valence-corrected chi connectivity index (χ2v) is 2.94. The van der Waals surface area contributed by atoms with E-state index in [-0.39, 0.29) is 12.0 Å². The van der Waals surface area contributed by atoms with Gasteiger partial charge in [0.2, 0.25) is 5.95 Å². The first-order chi connectivity index (χ1) is 8.33. The molecule has 0 aromatic carbocycles. The minimum atomic E-state index is 0.151. The summed E-state index contributed by atoms with van der Waals surface area (Å²) in [4.78, 5) is 12.0. The molecule has 3 N–H and O–H groups in total. The summed E-state index contributed by atoms with van der Waals surface area (Å²) in [7, 11) is 0. The van der Waals surface area contributed by atoms with Crippen LogP contribution in [0.25, 0.3) is 5.95 Å². The van der Waals surface area contributed by atoms with Crippen LogP contribution in [0, 0.1) is 0 Å². The second-order valence-electron chi connectivity index (χ2n) is 2.94. The Morgan fingerprint density at radius 3 is 3.00 bits per heavy atom. The van der Waals surface area contributed by atoms with E-state index in [1.807, 2.05) is 0 Å². The van der Waals surface area contributed by atoms with Gasteiger partial charge < -0.3 is 4.74 Å². The van der Waals surface area contributed by atoms with E-state index < -0.39 is 0 Å². The zero-order valence-corrected chi connectivity index (χ0v) is 8.95. The molecule has 2 aromatic heterocycles. The molecule has 0 amide bonds. The lowest BCUT2D eigenvalue weighted by atomic mass is 10.7. The van der Waals surface area contributed by atoms with Gasteiger partial charge in [-0.25, -0.2) is 10.5 Å². The molecule has 8 heteroatoms. The Kier molecular flexibility index (Phi) is 3.26. The zero-order valence-electron chi connectivity index (χ0n) is 8.95. The van der Waals surface area contributed by atoms with Gasteiger partial charge in [-0.1, -0.05) is 12.7 Å². The van der Waals surface area contributed by atoms with Gasteiger partial charge in [0.25, 0.3) is 5.95 Å². The molecule has 2 rings (SSSR count). The van der Waals surface area contributed by atoms with E-state index in [4.69, 9.17) is 10.6 Å². The summed E-state index contributed by atoms with van der Waals surface area (Å²) in [6.07, 6.45) is 4.91. The van der Waals surface area contributed by atoms with Crippen LogP contribution in [0.3, 0.4) is 0 Å². The van der Waals surface area contributed by atoms with E-state index in [2.05, 4.69) is 32.1 Å². The van der Waals surface area contributed by atoms with Crippen molar-refractivity contribution in [3.8, 4) is 12.0 Å². The van der Waals surface area contributed by atoms with Gasteiger partial charge >= 0.3 is 6.01 Å². The lowest BCUT2D eigenvalue weighted by Gasteiger charge is -2.06. The molecule has 0 aliphatic heterocycles. The van der Waals surface area contributed by atoms with Gasteiger partial charge in [0.05, 0.1) is 0 Å². The van der Waals surface area contributed by atoms with Crippen molar-refractivity contribution in [2.24, 2.45) is 5.84 Å². The molecule has 2 heterocycles. The van der Waals surface area contributed by atoms with E-state index in [9.17, 15) is 0 Å². The molecule has 17 heavy (non-hydrogen) atoms. The summed E-state index contributed by atoms with van der Waals surface area (Å²) < 4.78 is 6.69. The Labute approximate surface area is 97.1 Å². The molecule has 8 nitrogen and oxygen atoms in total. The molecule has 0 aliphatic rings. The number of nitrogens with zero attached hydrogens (tertiary/aromatic N) is 5. The predicted octanol–water partition coefficient (Wildman–Crippen LogP) is -0.0923. The molecular formula is C9H11N7O. The summed E-state index contributed by atoms with van der Waals surface area (Å²) in [5, 5.41) is 4.00. The van der Waals surface area contributed by atoms with E-state index in [1.165, 1.54) is 4.68 Å². The molecule has 0 saturated heterocycles. The van der Waals surface area contributed by atoms with E-state index >= 15 is 0 Å². The van der Waals surface area contributed by atoms with E-state index in [0.717, 1.165) is 0 Å². The van der Waals surface area contributed by atoms with Gasteiger partial charge in [-0.2, -0.15) is 20.1 Å². The number of nitrogens with two attached hydrogens (primary N) is 1. The van der Waals surface area contributed by atoms with Crippen LogP contribution in [0.5, 0.6) is 6.01 Å². The molecule has 0 bridgehead atoms. The highest BCUT2D eigenvalue weighted by Gasteiger charge is 2.08. The number of anilines is 1. The van der Waals surface area contributed by atoms with Crippen LogP contribution >= 0.6 is 0 Å². The Morgan fingerprint density at radius 1 is 1.47 bits per heavy atom. The number of nitrogen functional groups attached to an aromatic ring is 1. The van der Waals surface area contributed by atoms with Crippen molar-refractivity contribution in [1.82, 2.24) is 24.7 Å². The van der Waals surface area contributed by atoms with Crippen molar-refractivity contribution in [3.63, 3.8) is 0 Å². The quantitative estimate of drug-likeness (QED) is 0.422. The highest BCUT2D eigenvalue weighted by Crippen LogP contribution is 2.09. The molecule has 0 aliphatic carbocycles. The van der Waals surface area contributed by atoms with Gasteiger partial charge in [-0.05, 0) is 6.07 Å². The van der Waals surface area contributed by atoms with Crippen LogP contribution in [0.15, 0.2) is 31.1 Å². The van der Waals surface area contributed by atoms with Gasteiger partial charge in [0.1, 0.15) is 6.61 Å². The molecule has 2 aromatic rings. The monoisotopic (exact) mass is 233 g/mol. The molecule has 0 saturated carbocycles. The molecule has 0 atom stereocenters. The average molecular weight is 233 g/mol. The molecule has 0 radical (unpaired) electrons. The van der Waals surface area contributed by atoms with Crippen LogP contribution < -0.4 is 16.0 Å². The normalized spacial score (nSPS) is 9.94. The fraction of sp³-hybridized carbons (Fsp3) is 0.111. The maximum absolute atomic E-state index is 5.26. The topological polar surface area (TPSA) is 104 Å². The smallest absolute Gasteiger partial charge is 0.323 e. The standard InChI is InChI=1S/C9H11N7O/c1-2-6-17-9-13-7(15-10)12-8(14-9)16-5-3-4-11-16/h2-5H,1,6,10H2,(H,12,13,14,15). The van der Waals surface area contributed by atoms with Crippen molar-refractivity contribution in [3.05, 3.63) is 31.1 Å². The van der Waals surface area contributed by atoms with Crippen molar-refractivity contribution in [2.45, 2.75) is 0 Å². The Balaban J connectivity index is 2.35. The third kappa shape index (κ3) is 2.55. The Hall–Kier alpha value is -2.48. The number of hydrogen-bond acceptors (Lipinski definition) is 7. The lowest BCUT2D eigenvalue weighted by molar-refractivity contribution is 0.331. The van der Waals surface area contributed by atoms with Gasteiger partial charge in [-0.15, -0.1) is 0 Å². The average Bonchev–Trinajstić information content (AvgIpc) is 2.89. The van der Waals surface area contributed by atoms with Crippen LogP contribution in [0.2, 0.25) is 0 Å². The molecular weight excluding hydrogens is 222 g/mol. The van der Waals surface area contributed by atoms with Crippen molar-refractivity contribution < 1.29 is 4.74 Å². The van der Waals surface area contributed by atoms with Crippen LogP contribution in [0.4, 0.5) is 5.95 Å². The largest absolute Gasteiger partial charge is 0.459 e. The zero-order chi connectivity index (χ0) is 12.1. The summed E-state index contributed by atoms with van der Waals surface area (Å²) in [6.45, 7) is 3.83. The first-order valence-corrected chi connectivity index (χ1v) is 4.80. The number of hydrogen-bond donors (Lipinski definition) is 2. The Bertz CT molecular complexity index is 496. The number of aromatic nitrogens is 5. The van der Waals surface area contributed by atoms with Crippen LogP contribution in [0.1, 0.15) is 0 Å². The summed E-state index contributed by atoms with van der Waals surface area (Å²) in [5.74, 6) is 5.78. The number of hydrazine groups is 1. The first kappa shape index (κ1) is 11.0. The SMILES string of the molecule is C=CCOc1nc(NN)nc(-n2cccn2)n1. The number of nitrogens with one attached hydrogen (secondary N) is 1. The third-order valence-corrected chi connectivity index (χ3v) is 1.77. The fourth-order valence-electron chi connectivity index (χ4n) is 1.10. The van der Waals surface area contributed by atoms with Gasteiger partial charge in [0.15, 0.2) is 0 Å². The highest BCUT2D eigenvalue weighted by molar-refractivity contribution is 5.28. The van der Waals surface area contributed by atoms with Crippen molar-refractivity contribution in [1.29, 1.82) is 0 Å². The van der Waals surface area contributed by atoms with Gasteiger partial charge in [0, 0.05) is 12.4 Å². The fourth-order valence-corrected chi connectivity index (χ4v) is 1.10. The lowest BCUT2D eigenvalue weighted by Crippen LogP contribution is -2.15. The first-order valence-electron chi connectivity index (χ1n) is 4.80.